The number of rotatable bonds is 5. The SMILES string of the molecule is COc1ccc(/C(O)=C2/C(=O)C(=O)N(c3cccc4ccccc34)C2c2cccs2)cc1OC. The maximum absolute atomic E-state index is 13.4. The Morgan fingerprint density at radius 2 is 1.68 bits per heavy atom. The van der Waals surface area contributed by atoms with Gasteiger partial charge in [-0.05, 0) is 41.1 Å². The zero-order valence-electron chi connectivity index (χ0n) is 18.5. The lowest BCUT2D eigenvalue weighted by molar-refractivity contribution is -0.132. The average Bonchev–Trinajstić information content (AvgIpc) is 3.49. The Labute approximate surface area is 200 Å². The monoisotopic (exact) mass is 471 g/mol. The number of methoxy groups -OCH3 is 2. The summed E-state index contributed by atoms with van der Waals surface area (Å²) in [4.78, 5) is 29.0. The highest BCUT2D eigenvalue weighted by Crippen LogP contribution is 2.45. The van der Waals surface area contributed by atoms with Crippen molar-refractivity contribution in [2.24, 2.45) is 0 Å². The number of ether oxygens (including phenoxy) is 2. The number of aliphatic hydroxyl groups is 1. The molecule has 1 aliphatic heterocycles. The molecule has 1 saturated heterocycles. The van der Waals surface area contributed by atoms with Crippen molar-refractivity contribution in [2.75, 3.05) is 19.1 Å². The lowest BCUT2D eigenvalue weighted by Gasteiger charge is -2.25. The van der Waals surface area contributed by atoms with Gasteiger partial charge in [0, 0.05) is 15.8 Å². The third-order valence-electron chi connectivity index (χ3n) is 5.94. The molecule has 1 amide bonds. The molecule has 170 valence electrons. The van der Waals surface area contributed by atoms with Gasteiger partial charge in [-0.25, -0.2) is 0 Å². The maximum atomic E-state index is 13.4. The molecule has 0 saturated carbocycles. The van der Waals surface area contributed by atoms with E-state index in [4.69, 9.17) is 9.47 Å². The fourth-order valence-electron chi connectivity index (χ4n) is 4.35. The van der Waals surface area contributed by atoms with Crippen LogP contribution in [0.15, 0.2) is 83.7 Å². The lowest BCUT2D eigenvalue weighted by atomic mass is 9.99. The summed E-state index contributed by atoms with van der Waals surface area (Å²) in [6, 6.07) is 21.2. The molecule has 3 aromatic carbocycles. The van der Waals surface area contributed by atoms with E-state index >= 15 is 0 Å². The number of nitrogens with zero attached hydrogens (tertiary/aromatic N) is 1. The highest BCUT2D eigenvalue weighted by atomic mass is 32.1. The molecule has 0 radical (unpaired) electrons. The van der Waals surface area contributed by atoms with E-state index in [0.29, 0.717) is 22.7 Å². The molecule has 0 spiro atoms. The molecule has 1 unspecified atom stereocenters. The molecule has 7 heteroatoms. The van der Waals surface area contributed by atoms with Gasteiger partial charge in [-0.2, -0.15) is 0 Å². The van der Waals surface area contributed by atoms with Gasteiger partial charge in [0.25, 0.3) is 11.7 Å². The molecule has 1 N–H and O–H groups in total. The van der Waals surface area contributed by atoms with Gasteiger partial charge < -0.3 is 14.6 Å². The minimum Gasteiger partial charge on any atom is -0.507 e. The number of hydrogen-bond acceptors (Lipinski definition) is 6. The number of amides is 1. The molecule has 0 aliphatic carbocycles. The van der Waals surface area contributed by atoms with E-state index in [2.05, 4.69) is 0 Å². The van der Waals surface area contributed by atoms with Crippen LogP contribution in [0.3, 0.4) is 0 Å². The van der Waals surface area contributed by atoms with Crippen molar-refractivity contribution >= 4 is 45.2 Å². The first kappa shape index (κ1) is 21.7. The number of carbonyl (C=O) groups is 2. The van der Waals surface area contributed by atoms with Crippen LogP contribution in [0.2, 0.25) is 0 Å². The van der Waals surface area contributed by atoms with Gasteiger partial charge in [0.1, 0.15) is 11.8 Å². The summed E-state index contributed by atoms with van der Waals surface area (Å²) < 4.78 is 10.6. The molecule has 1 aromatic heterocycles. The largest absolute Gasteiger partial charge is 0.507 e. The fraction of sp³-hybridized carbons (Fsp3) is 0.111. The molecule has 6 nitrogen and oxygen atoms in total. The molecule has 1 atom stereocenters. The van der Waals surface area contributed by atoms with E-state index in [9.17, 15) is 14.7 Å². The van der Waals surface area contributed by atoms with Crippen LogP contribution in [0.4, 0.5) is 5.69 Å². The molecule has 34 heavy (non-hydrogen) atoms. The average molecular weight is 472 g/mol. The maximum Gasteiger partial charge on any atom is 0.300 e. The zero-order valence-corrected chi connectivity index (χ0v) is 19.3. The number of Topliss-reactive ketones (excluding diaryl/α,β-unsaturated/α-hetero) is 1. The van der Waals surface area contributed by atoms with Crippen molar-refractivity contribution < 1.29 is 24.2 Å². The summed E-state index contributed by atoms with van der Waals surface area (Å²) >= 11 is 1.42. The topological polar surface area (TPSA) is 76.1 Å². The summed E-state index contributed by atoms with van der Waals surface area (Å²) in [5, 5.41) is 15.0. The standard InChI is InChI=1S/C27H21NO5S/c1-32-20-13-12-17(15-21(20)33-2)25(29)23-24(22-11-6-14-34-22)28(27(31)26(23)30)19-10-5-8-16-7-3-4-9-18(16)19/h3-15,24,29H,1-2H3/b25-23-. The highest BCUT2D eigenvalue weighted by molar-refractivity contribution is 7.10. The Morgan fingerprint density at radius 1 is 0.912 bits per heavy atom. The molecule has 2 heterocycles. The first-order chi connectivity index (χ1) is 16.5. The van der Waals surface area contributed by atoms with Crippen molar-refractivity contribution in [2.45, 2.75) is 6.04 Å². The number of anilines is 1. The van der Waals surface area contributed by atoms with Crippen molar-refractivity contribution in [3.63, 3.8) is 0 Å². The summed E-state index contributed by atoms with van der Waals surface area (Å²) in [6.45, 7) is 0. The molecule has 1 aliphatic rings. The third kappa shape index (κ3) is 3.41. The number of thiophene rings is 1. The van der Waals surface area contributed by atoms with Gasteiger partial charge in [0.05, 0.1) is 25.5 Å². The van der Waals surface area contributed by atoms with Crippen molar-refractivity contribution in [1.29, 1.82) is 0 Å². The Kier molecular flexibility index (Phi) is 5.55. The summed E-state index contributed by atoms with van der Waals surface area (Å²) in [6.07, 6.45) is 0. The van der Waals surface area contributed by atoms with Crippen molar-refractivity contribution in [3.05, 3.63) is 94.2 Å². The molecule has 1 fully saturated rings. The van der Waals surface area contributed by atoms with Crippen LogP contribution in [0.25, 0.3) is 16.5 Å². The van der Waals surface area contributed by atoms with Crippen LogP contribution < -0.4 is 14.4 Å². The van der Waals surface area contributed by atoms with Crippen LogP contribution in [-0.2, 0) is 9.59 Å². The third-order valence-corrected chi connectivity index (χ3v) is 6.86. The molecular formula is C27H21NO5S. The Balaban J connectivity index is 1.74. The summed E-state index contributed by atoms with van der Waals surface area (Å²) in [5.74, 6) is -0.789. The van der Waals surface area contributed by atoms with Gasteiger partial charge in [0.2, 0.25) is 0 Å². The number of benzene rings is 3. The number of ketones is 1. The quantitative estimate of drug-likeness (QED) is 0.235. The van der Waals surface area contributed by atoms with Gasteiger partial charge in [-0.3, -0.25) is 14.5 Å². The van der Waals surface area contributed by atoms with Crippen LogP contribution in [0.1, 0.15) is 16.5 Å². The second kappa shape index (κ2) is 8.68. The van der Waals surface area contributed by atoms with E-state index in [1.807, 2.05) is 60.0 Å². The minimum absolute atomic E-state index is 0.0348. The summed E-state index contributed by atoms with van der Waals surface area (Å²) in [7, 11) is 3.01. The van der Waals surface area contributed by atoms with Crippen molar-refractivity contribution in [1.82, 2.24) is 0 Å². The number of fused-ring (bicyclic) bond motifs is 1. The first-order valence-electron chi connectivity index (χ1n) is 10.6. The second-order valence-electron chi connectivity index (χ2n) is 7.75. The Morgan fingerprint density at radius 3 is 2.41 bits per heavy atom. The second-order valence-corrected chi connectivity index (χ2v) is 8.73. The zero-order chi connectivity index (χ0) is 23.8. The molecular weight excluding hydrogens is 450 g/mol. The van der Waals surface area contributed by atoms with E-state index in [1.54, 1.807) is 18.2 Å². The van der Waals surface area contributed by atoms with Crippen LogP contribution >= 0.6 is 11.3 Å². The number of aliphatic hydroxyl groups excluding tert-OH is 1. The first-order valence-corrected chi connectivity index (χ1v) is 11.5. The van der Waals surface area contributed by atoms with Gasteiger partial charge >= 0.3 is 0 Å². The van der Waals surface area contributed by atoms with E-state index in [1.165, 1.54) is 30.5 Å². The summed E-state index contributed by atoms with van der Waals surface area (Å²) in [5.41, 5.74) is 1.01. The normalized spacial score (nSPS) is 17.4. The van der Waals surface area contributed by atoms with Gasteiger partial charge in [0.15, 0.2) is 11.5 Å². The minimum atomic E-state index is -0.765. The lowest BCUT2D eigenvalue weighted by Crippen LogP contribution is -2.29. The Hall–Kier alpha value is -4.10. The number of carbonyl (C=O) groups excluding carboxylic acids is 2. The van der Waals surface area contributed by atoms with E-state index < -0.39 is 17.7 Å². The highest BCUT2D eigenvalue weighted by Gasteiger charge is 2.47. The van der Waals surface area contributed by atoms with Gasteiger partial charge in [-0.15, -0.1) is 11.3 Å². The predicted molar refractivity (Wildman–Crippen MR) is 133 cm³/mol. The molecule has 4 aromatic rings. The molecule has 0 bridgehead atoms. The van der Waals surface area contributed by atoms with Gasteiger partial charge in [-0.1, -0.05) is 42.5 Å². The van der Waals surface area contributed by atoms with Crippen LogP contribution in [0.5, 0.6) is 11.5 Å². The van der Waals surface area contributed by atoms with Crippen LogP contribution in [0, 0.1) is 0 Å². The predicted octanol–water partition coefficient (Wildman–Crippen LogP) is 5.54. The number of hydrogen-bond donors (Lipinski definition) is 1. The van der Waals surface area contributed by atoms with E-state index in [0.717, 1.165) is 15.6 Å². The fourth-order valence-corrected chi connectivity index (χ4v) is 5.18. The van der Waals surface area contributed by atoms with Crippen LogP contribution in [-0.4, -0.2) is 31.0 Å². The van der Waals surface area contributed by atoms with Crippen molar-refractivity contribution in [3.8, 4) is 11.5 Å². The van der Waals surface area contributed by atoms with E-state index in [-0.39, 0.29) is 11.3 Å². The molecule has 5 rings (SSSR count). The Bertz CT molecular complexity index is 1440. The smallest absolute Gasteiger partial charge is 0.300 e.